The van der Waals surface area contributed by atoms with Gasteiger partial charge in [-0.3, -0.25) is 0 Å². The zero-order valence-corrected chi connectivity index (χ0v) is 27.1. The maximum absolute atomic E-state index is 6.37. The second-order valence-electron chi connectivity index (χ2n) is 13.3. The van der Waals surface area contributed by atoms with E-state index >= 15 is 0 Å². The minimum atomic E-state index is 0.200. The van der Waals surface area contributed by atoms with E-state index in [2.05, 4.69) is 76.1 Å². The molecule has 45 heavy (non-hydrogen) atoms. The fourth-order valence-corrected chi connectivity index (χ4v) is 7.77. The van der Waals surface area contributed by atoms with Crippen molar-refractivity contribution in [2.75, 3.05) is 56.7 Å². The van der Waals surface area contributed by atoms with Gasteiger partial charge in [0.2, 0.25) is 0 Å². The van der Waals surface area contributed by atoms with Gasteiger partial charge in [-0.1, -0.05) is 30.3 Å². The van der Waals surface area contributed by atoms with Gasteiger partial charge in [-0.05, 0) is 88.9 Å². The van der Waals surface area contributed by atoms with Gasteiger partial charge in [-0.15, -0.1) is 0 Å². The third-order valence-corrected chi connectivity index (χ3v) is 10.5. The molecule has 0 bridgehead atoms. The molecule has 2 saturated heterocycles. The molecule has 0 amide bonds. The van der Waals surface area contributed by atoms with Gasteiger partial charge >= 0.3 is 6.01 Å². The summed E-state index contributed by atoms with van der Waals surface area (Å²) in [6.45, 7) is 7.45. The van der Waals surface area contributed by atoms with Crippen molar-refractivity contribution in [1.82, 2.24) is 14.9 Å². The molecule has 1 aromatic heterocycles. The van der Waals surface area contributed by atoms with Crippen LogP contribution in [0.2, 0.25) is 0 Å². The highest BCUT2D eigenvalue weighted by atomic mass is 16.5. The monoisotopic (exact) mass is 609 g/mol. The van der Waals surface area contributed by atoms with Gasteiger partial charge in [0, 0.05) is 49.4 Å². The van der Waals surface area contributed by atoms with E-state index in [0.29, 0.717) is 18.7 Å². The highest BCUT2D eigenvalue weighted by Crippen LogP contribution is 2.36. The summed E-state index contributed by atoms with van der Waals surface area (Å²) in [4.78, 5) is 26.8. The number of likely N-dealkylation sites (N-methyl/N-ethyl adjacent to an activating group) is 1. The Labute approximate surface area is 267 Å². The number of methoxy groups -OCH3 is 1. The number of piperidine rings is 1. The van der Waals surface area contributed by atoms with Crippen molar-refractivity contribution in [2.45, 2.75) is 89.1 Å². The molecule has 0 N–H and O–H groups in total. The first-order valence-corrected chi connectivity index (χ1v) is 17.0. The molecule has 3 aromatic rings. The molecular weight excluding hydrogens is 562 g/mol. The van der Waals surface area contributed by atoms with Gasteiger partial charge in [0.15, 0.2) is 0 Å². The first-order chi connectivity index (χ1) is 22.1. The van der Waals surface area contributed by atoms with Crippen LogP contribution in [-0.2, 0) is 17.7 Å². The molecule has 1 saturated carbocycles. The molecule has 0 unspecified atom stereocenters. The Balaban J connectivity index is 1.12. The van der Waals surface area contributed by atoms with Crippen LogP contribution in [0.3, 0.4) is 0 Å². The van der Waals surface area contributed by atoms with E-state index in [-0.39, 0.29) is 18.2 Å². The molecule has 2 aromatic carbocycles. The molecule has 9 heteroatoms. The van der Waals surface area contributed by atoms with E-state index in [1.54, 1.807) is 7.11 Å². The second-order valence-corrected chi connectivity index (χ2v) is 13.3. The van der Waals surface area contributed by atoms with Crippen LogP contribution in [0.1, 0.15) is 61.8 Å². The van der Waals surface area contributed by atoms with Gasteiger partial charge in [-0.25, -0.2) is 9.98 Å². The minimum Gasteiger partial charge on any atom is -0.462 e. The molecule has 1 aliphatic carbocycles. The molecular formula is C36H47N7O2. The number of aryl methyl sites for hydroxylation is 1. The third-order valence-electron chi connectivity index (χ3n) is 10.5. The second kappa shape index (κ2) is 13.5. The van der Waals surface area contributed by atoms with Crippen LogP contribution in [-0.4, -0.2) is 92.0 Å². The maximum Gasteiger partial charge on any atom is 0.318 e. The van der Waals surface area contributed by atoms with Crippen molar-refractivity contribution < 1.29 is 9.47 Å². The lowest BCUT2D eigenvalue weighted by Gasteiger charge is -2.36. The largest absolute Gasteiger partial charge is 0.462 e. The van der Waals surface area contributed by atoms with Gasteiger partial charge in [0.25, 0.3) is 0 Å². The number of likely N-dealkylation sites (tertiary alicyclic amines) is 1. The summed E-state index contributed by atoms with van der Waals surface area (Å²) in [6, 6.07) is 17.6. The number of hydrogen-bond donors (Lipinski definition) is 0. The van der Waals surface area contributed by atoms with Gasteiger partial charge in [-0.2, -0.15) is 9.97 Å². The van der Waals surface area contributed by atoms with Crippen LogP contribution in [0.4, 0.5) is 11.5 Å². The fraction of sp³-hybridized carbons (Fsp3) is 0.583. The smallest absolute Gasteiger partial charge is 0.318 e. The summed E-state index contributed by atoms with van der Waals surface area (Å²) >= 11 is 0. The highest BCUT2D eigenvalue weighted by Gasteiger charge is 2.30. The summed E-state index contributed by atoms with van der Waals surface area (Å²) in [6.07, 6.45) is 8.73. The zero-order valence-electron chi connectivity index (χ0n) is 27.1. The molecule has 0 radical (unpaired) electrons. The molecule has 238 valence electrons. The minimum absolute atomic E-state index is 0.200. The average Bonchev–Trinajstić information content (AvgIpc) is 3.71. The number of benzene rings is 2. The van der Waals surface area contributed by atoms with Crippen LogP contribution >= 0.6 is 0 Å². The Morgan fingerprint density at radius 2 is 1.76 bits per heavy atom. The molecule has 7 rings (SSSR count). The van der Waals surface area contributed by atoms with Crippen LogP contribution < -0.4 is 14.5 Å². The number of aliphatic imine (C=N–C) groups is 2. The molecule has 3 aliphatic heterocycles. The van der Waals surface area contributed by atoms with Gasteiger partial charge < -0.3 is 24.2 Å². The predicted octanol–water partition coefficient (Wildman–Crippen LogP) is 5.68. The van der Waals surface area contributed by atoms with Crippen LogP contribution in [0.5, 0.6) is 6.01 Å². The van der Waals surface area contributed by atoms with Crippen molar-refractivity contribution in [1.29, 1.82) is 0 Å². The Kier molecular flexibility index (Phi) is 9.01. The lowest BCUT2D eigenvalue weighted by Crippen LogP contribution is -2.39. The van der Waals surface area contributed by atoms with Gasteiger partial charge in [0.1, 0.15) is 12.4 Å². The number of nitrogens with zero attached hydrogens (tertiary/aromatic N) is 7. The first-order valence-electron chi connectivity index (χ1n) is 17.0. The van der Waals surface area contributed by atoms with E-state index in [9.17, 15) is 0 Å². The van der Waals surface area contributed by atoms with E-state index in [1.807, 2.05) is 0 Å². The van der Waals surface area contributed by atoms with E-state index in [1.165, 1.54) is 40.4 Å². The molecule has 3 fully saturated rings. The van der Waals surface area contributed by atoms with E-state index < -0.39 is 0 Å². The molecule has 4 heterocycles. The number of anilines is 2. The quantitative estimate of drug-likeness (QED) is 0.304. The fourth-order valence-electron chi connectivity index (χ4n) is 7.77. The Morgan fingerprint density at radius 3 is 2.56 bits per heavy atom. The van der Waals surface area contributed by atoms with Crippen molar-refractivity contribution >= 4 is 28.3 Å². The first kappa shape index (κ1) is 30.2. The number of fused-ring (bicyclic) bond motifs is 2. The van der Waals surface area contributed by atoms with E-state index in [4.69, 9.17) is 24.4 Å². The normalized spacial score (nSPS) is 24.1. The SMILES string of the molecule is CO[C@@H]1CCC[C@@H]1N=C=NC1CCN(c2nc(OC[C@@H]3CCCN3C)nc3c2CCN(c2cccc4cccc(C)c24)C3)CC1. The zero-order chi connectivity index (χ0) is 30.8. The van der Waals surface area contributed by atoms with Crippen molar-refractivity contribution in [3.8, 4) is 6.01 Å². The number of rotatable bonds is 8. The Bertz CT molecular complexity index is 1560. The lowest BCUT2D eigenvalue weighted by atomic mass is 9.99. The predicted molar refractivity (Wildman–Crippen MR) is 180 cm³/mol. The molecule has 0 spiro atoms. The maximum atomic E-state index is 6.37. The summed E-state index contributed by atoms with van der Waals surface area (Å²) in [5.41, 5.74) is 4.94. The van der Waals surface area contributed by atoms with Crippen molar-refractivity contribution in [3.63, 3.8) is 0 Å². The average molecular weight is 610 g/mol. The summed E-state index contributed by atoms with van der Waals surface area (Å²) < 4.78 is 12.0. The number of hydrogen-bond acceptors (Lipinski definition) is 9. The van der Waals surface area contributed by atoms with Crippen LogP contribution in [0, 0.1) is 6.92 Å². The van der Waals surface area contributed by atoms with Crippen molar-refractivity contribution in [3.05, 3.63) is 53.2 Å². The third kappa shape index (κ3) is 6.44. The summed E-state index contributed by atoms with van der Waals surface area (Å²) in [5.74, 6) is 1.05. The van der Waals surface area contributed by atoms with Crippen LogP contribution in [0.25, 0.3) is 10.8 Å². The lowest BCUT2D eigenvalue weighted by molar-refractivity contribution is 0.0968. The molecule has 3 atom stereocenters. The van der Waals surface area contributed by atoms with Crippen molar-refractivity contribution in [2.24, 2.45) is 9.98 Å². The van der Waals surface area contributed by atoms with Gasteiger partial charge in [0.05, 0.1) is 36.4 Å². The van der Waals surface area contributed by atoms with E-state index in [0.717, 1.165) is 82.8 Å². The number of ether oxygens (including phenoxy) is 2. The highest BCUT2D eigenvalue weighted by molar-refractivity contribution is 5.97. The van der Waals surface area contributed by atoms with Crippen LogP contribution in [0.15, 0.2) is 46.4 Å². The number of aromatic nitrogens is 2. The standard InChI is InChI=1S/C36H47N7O2/c1-25-8-4-9-26-10-5-13-32(34(25)26)43-21-17-29-31(22-43)39-36(45-23-28-11-7-18-41(28)2)40-35(29)42-19-15-27(16-20-42)37-24-38-30-12-6-14-33(30)44-3/h4-5,8-10,13,27-28,30,33H,6-7,11-12,14-23H2,1-3H3/t28-,30-,33+/m0/s1. The Morgan fingerprint density at radius 1 is 0.911 bits per heavy atom. The topological polar surface area (TPSA) is 78.7 Å². The molecule has 4 aliphatic rings. The summed E-state index contributed by atoms with van der Waals surface area (Å²) in [7, 11) is 3.97. The molecule has 9 nitrogen and oxygen atoms in total. The summed E-state index contributed by atoms with van der Waals surface area (Å²) in [5, 5.41) is 2.61. The Hall–Kier alpha value is -3.52.